The van der Waals surface area contributed by atoms with Crippen LogP contribution in [0.4, 0.5) is 0 Å². The van der Waals surface area contributed by atoms with E-state index in [0.717, 1.165) is 27.7 Å². The largest absolute Gasteiger partial charge is 0.496 e. The molecule has 2 N–H and O–H groups in total. The average Bonchev–Trinajstić information content (AvgIpc) is 2.54. The zero-order valence-electron chi connectivity index (χ0n) is 12.4. The first kappa shape index (κ1) is 15.7. The number of hydrogen-bond donors (Lipinski definition) is 1. The Kier molecular flexibility index (Phi) is 5.96. The van der Waals surface area contributed by atoms with Crippen LogP contribution in [-0.2, 0) is 0 Å². The summed E-state index contributed by atoms with van der Waals surface area (Å²) in [5.74, 6) is 2.57. The number of hydrogen-bond acceptors (Lipinski definition) is 4. The second kappa shape index (κ2) is 7.96. The first-order chi connectivity index (χ1) is 10.2. The number of thioether (sulfide) groups is 1. The fraction of sp³-hybridized carbons (Fsp3) is 0.294. The summed E-state index contributed by atoms with van der Waals surface area (Å²) in [5.41, 5.74) is 7.37. The van der Waals surface area contributed by atoms with Gasteiger partial charge in [0, 0.05) is 16.7 Å². The molecule has 21 heavy (non-hydrogen) atoms. The number of benzene rings is 2. The van der Waals surface area contributed by atoms with E-state index < -0.39 is 0 Å². The predicted octanol–water partition coefficient (Wildman–Crippen LogP) is 3.89. The molecular weight excluding hydrogens is 282 g/mol. The van der Waals surface area contributed by atoms with E-state index in [4.69, 9.17) is 15.2 Å². The number of rotatable bonds is 7. The van der Waals surface area contributed by atoms with Crippen LogP contribution in [0.25, 0.3) is 0 Å². The summed E-state index contributed by atoms with van der Waals surface area (Å²) in [4.78, 5) is 1.11. The van der Waals surface area contributed by atoms with Gasteiger partial charge in [-0.15, -0.1) is 11.8 Å². The first-order valence-corrected chi connectivity index (χ1v) is 7.97. The maximum Gasteiger partial charge on any atom is 0.132 e. The Balaban J connectivity index is 1.96. The molecule has 0 aromatic heterocycles. The van der Waals surface area contributed by atoms with Crippen LogP contribution < -0.4 is 15.2 Å². The molecule has 2 aromatic rings. The molecule has 0 aliphatic carbocycles. The molecule has 4 heteroatoms. The van der Waals surface area contributed by atoms with E-state index in [2.05, 4.69) is 6.07 Å². The zero-order valence-corrected chi connectivity index (χ0v) is 13.2. The van der Waals surface area contributed by atoms with Crippen molar-refractivity contribution in [2.75, 3.05) is 19.5 Å². The third-order valence-electron chi connectivity index (χ3n) is 3.11. The molecule has 0 bridgehead atoms. The molecule has 0 saturated heterocycles. The Bertz CT molecular complexity index is 557. The van der Waals surface area contributed by atoms with E-state index in [-0.39, 0.29) is 6.04 Å². The van der Waals surface area contributed by atoms with Gasteiger partial charge in [0.1, 0.15) is 11.5 Å². The molecule has 3 nitrogen and oxygen atoms in total. The second-order valence-corrected chi connectivity index (χ2v) is 5.63. The second-order valence-electron chi connectivity index (χ2n) is 4.57. The minimum Gasteiger partial charge on any atom is -0.496 e. The first-order valence-electron chi connectivity index (χ1n) is 6.98. The maximum absolute atomic E-state index is 6.26. The standard InChI is InChI=1S/C17H21NO2S/c1-3-20-14-10-8-13(9-11-14)15(18)12-21-17-7-5-4-6-16(17)19-2/h4-11,15H,3,12,18H2,1-2H3. The van der Waals surface area contributed by atoms with Gasteiger partial charge < -0.3 is 15.2 Å². The van der Waals surface area contributed by atoms with Gasteiger partial charge in [-0.3, -0.25) is 0 Å². The Morgan fingerprint density at radius 1 is 1.10 bits per heavy atom. The molecule has 0 fully saturated rings. The van der Waals surface area contributed by atoms with Gasteiger partial charge in [0.05, 0.1) is 13.7 Å². The van der Waals surface area contributed by atoms with Crippen molar-refractivity contribution in [2.45, 2.75) is 17.9 Å². The van der Waals surface area contributed by atoms with Crippen LogP contribution >= 0.6 is 11.8 Å². The summed E-state index contributed by atoms with van der Waals surface area (Å²) in [6, 6.07) is 16.0. The van der Waals surface area contributed by atoms with Gasteiger partial charge in [0.2, 0.25) is 0 Å². The van der Waals surface area contributed by atoms with E-state index in [9.17, 15) is 0 Å². The molecule has 0 spiro atoms. The monoisotopic (exact) mass is 303 g/mol. The lowest BCUT2D eigenvalue weighted by molar-refractivity contribution is 0.340. The van der Waals surface area contributed by atoms with Crippen molar-refractivity contribution in [1.82, 2.24) is 0 Å². The predicted molar refractivity (Wildman–Crippen MR) is 88.3 cm³/mol. The molecule has 112 valence electrons. The van der Waals surface area contributed by atoms with Gasteiger partial charge in [-0.25, -0.2) is 0 Å². The van der Waals surface area contributed by atoms with Crippen molar-refractivity contribution >= 4 is 11.8 Å². The maximum atomic E-state index is 6.26. The van der Waals surface area contributed by atoms with Crippen LogP contribution in [0.5, 0.6) is 11.5 Å². The molecule has 0 aliphatic rings. The van der Waals surface area contributed by atoms with Gasteiger partial charge in [0.15, 0.2) is 0 Å². The molecule has 0 saturated carbocycles. The van der Waals surface area contributed by atoms with Crippen molar-refractivity contribution in [3.05, 3.63) is 54.1 Å². The Morgan fingerprint density at radius 3 is 2.48 bits per heavy atom. The van der Waals surface area contributed by atoms with Crippen LogP contribution in [0.2, 0.25) is 0 Å². The van der Waals surface area contributed by atoms with Gasteiger partial charge in [-0.2, -0.15) is 0 Å². The van der Waals surface area contributed by atoms with Crippen molar-refractivity contribution < 1.29 is 9.47 Å². The molecule has 0 radical (unpaired) electrons. The Hall–Kier alpha value is -1.65. The third-order valence-corrected chi connectivity index (χ3v) is 4.28. The summed E-state index contributed by atoms with van der Waals surface area (Å²) in [6.07, 6.45) is 0. The minimum atomic E-state index is -0.0180. The fourth-order valence-electron chi connectivity index (χ4n) is 1.99. The Labute approximate surface area is 130 Å². The fourth-order valence-corrected chi connectivity index (χ4v) is 3.01. The summed E-state index contributed by atoms with van der Waals surface area (Å²) < 4.78 is 10.8. The SMILES string of the molecule is CCOc1ccc(C(N)CSc2ccccc2OC)cc1. The lowest BCUT2D eigenvalue weighted by atomic mass is 10.1. The Morgan fingerprint density at radius 2 is 1.81 bits per heavy atom. The van der Waals surface area contributed by atoms with Crippen molar-refractivity contribution in [1.29, 1.82) is 0 Å². The molecule has 0 amide bonds. The molecular formula is C17H21NO2S. The lowest BCUT2D eigenvalue weighted by Crippen LogP contribution is -2.12. The minimum absolute atomic E-state index is 0.0180. The van der Waals surface area contributed by atoms with Crippen LogP contribution in [0, 0.1) is 0 Å². The highest BCUT2D eigenvalue weighted by atomic mass is 32.2. The van der Waals surface area contributed by atoms with Crippen LogP contribution in [-0.4, -0.2) is 19.5 Å². The molecule has 1 atom stereocenters. The molecule has 2 rings (SSSR count). The number of para-hydroxylation sites is 1. The van der Waals surface area contributed by atoms with E-state index >= 15 is 0 Å². The molecule has 0 heterocycles. The molecule has 2 aromatic carbocycles. The van der Waals surface area contributed by atoms with E-state index in [1.807, 2.05) is 49.4 Å². The summed E-state index contributed by atoms with van der Waals surface area (Å²) in [5, 5.41) is 0. The van der Waals surface area contributed by atoms with Gasteiger partial charge in [-0.05, 0) is 36.8 Å². The van der Waals surface area contributed by atoms with Crippen molar-refractivity contribution in [3.8, 4) is 11.5 Å². The molecule has 1 unspecified atom stereocenters. The van der Waals surface area contributed by atoms with E-state index in [1.165, 1.54) is 0 Å². The van der Waals surface area contributed by atoms with Gasteiger partial charge in [0.25, 0.3) is 0 Å². The smallest absolute Gasteiger partial charge is 0.132 e. The number of ether oxygens (including phenoxy) is 2. The van der Waals surface area contributed by atoms with Crippen molar-refractivity contribution in [2.24, 2.45) is 5.73 Å². The van der Waals surface area contributed by atoms with Crippen LogP contribution in [0.3, 0.4) is 0 Å². The van der Waals surface area contributed by atoms with Gasteiger partial charge >= 0.3 is 0 Å². The van der Waals surface area contributed by atoms with Crippen LogP contribution in [0.1, 0.15) is 18.5 Å². The van der Waals surface area contributed by atoms with Crippen molar-refractivity contribution in [3.63, 3.8) is 0 Å². The average molecular weight is 303 g/mol. The lowest BCUT2D eigenvalue weighted by Gasteiger charge is -2.14. The number of methoxy groups -OCH3 is 1. The summed E-state index contributed by atoms with van der Waals surface area (Å²) >= 11 is 1.71. The highest BCUT2D eigenvalue weighted by Crippen LogP contribution is 2.31. The summed E-state index contributed by atoms with van der Waals surface area (Å²) in [7, 11) is 1.69. The molecule has 0 aliphatic heterocycles. The normalized spacial score (nSPS) is 12.0. The van der Waals surface area contributed by atoms with E-state index in [1.54, 1.807) is 18.9 Å². The quantitative estimate of drug-likeness (QED) is 0.788. The topological polar surface area (TPSA) is 44.5 Å². The van der Waals surface area contributed by atoms with Gasteiger partial charge in [-0.1, -0.05) is 24.3 Å². The third kappa shape index (κ3) is 4.41. The number of nitrogens with two attached hydrogens (primary N) is 1. The van der Waals surface area contributed by atoms with E-state index in [0.29, 0.717) is 6.61 Å². The highest BCUT2D eigenvalue weighted by Gasteiger charge is 2.09. The zero-order chi connectivity index (χ0) is 15.1. The summed E-state index contributed by atoms with van der Waals surface area (Å²) in [6.45, 7) is 2.65. The van der Waals surface area contributed by atoms with Crippen LogP contribution in [0.15, 0.2) is 53.4 Å². The highest BCUT2D eigenvalue weighted by molar-refractivity contribution is 7.99.